The Morgan fingerprint density at radius 3 is 2.55 bits per heavy atom. The average molecular weight is 395 g/mol. The van der Waals surface area contributed by atoms with Crippen molar-refractivity contribution in [3.8, 4) is 23.0 Å². The SMILES string of the molecule is CCOc1ccccc1Oc1coc2c(CN3CCCCC3)c(O)ccc2c1=O. The number of phenolic OH excluding ortho intramolecular Hbond substituents is 1. The summed E-state index contributed by atoms with van der Waals surface area (Å²) in [7, 11) is 0. The molecule has 1 aliphatic heterocycles. The number of phenols is 1. The number of piperidine rings is 1. The Kier molecular flexibility index (Phi) is 5.71. The van der Waals surface area contributed by atoms with E-state index in [1.807, 2.05) is 19.1 Å². The molecule has 6 nitrogen and oxygen atoms in total. The molecule has 2 heterocycles. The van der Waals surface area contributed by atoms with Gasteiger partial charge in [0.2, 0.25) is 11.2 Å². The summed E-state index contributed by atoms with van der Waals surface area (Å²) in [6, 6.07) is 10.3. The lowest BCUT2D eigenvalue weighted by Crippen LogP contribution is -2.29. The molecule has 6 heteroatoms. The molecule has 1 saturated heterocycles. The Morgan fingerprint density at radius 2 is 1.79 bits per heavy atom. The molecule has 152 valence electrons. The van der Waals surface area contributed by atoms with E-state index in [0.29, 0.717) is 41.2 Å². The summed E-state index contributed by atoms with van der Waals surface area (Å²) in [6.07, 6.45) is 4.84. The monoisotopic (exact) mass is 395 g/mol. The Hall–Kier alpha value is -2.99. The third-order valence-electron chi connectivity index (χ3n) is 5.19. The fourth-order valence-corrected chi connectivity index (χ4v) is 3.72. The van der Waals surface area contributed by atoms with Gasteiger partial charge in [-0.05, 0) is 57.1 Å². The number of benzene rings is 2. The van der Waals surface area contributed by atoms with Crippen molar-refractivity contribution in [3.05, 3.63) is 58.4 Å². The van der Waals surface area contributed by atoms with Gasteiger partial charge in [-0.25, -0.2) is 0 Å². The van der Waals surface area contributed by atoms with E-state index in [2.05, 4.69) is 4.90 Å². The fourth-order valence-electron chi connectivity index (χ4n) is 3.72. The Labute approximate surface area is 169 Å². The number of hydrogen-bond acceptors (Lipinski definition) is 6. The lowest BCUT2D eigenvalue weighted by molar-refractivity contribution is 0.218. The van der Waals surface area contributed by atoms with E-state index in [-0.39, 0.29) is 16.9 Å². The van der Waals surface area contributed by atoms with E-state index >= 15 is 0 Å². The summed E-state index contributed by atoms with van der Waals surface area (Å²) in [5.41, 5.74) is 0.770. The molecule has 0 radical (unpaired) electrons. The third-order valence-corrected chi connectivity index (χ3v) is 5.19. The topological polar surface area (TPSA) is 72.1 Å². The fraction of sp³-hybridized carbons (Fsp3) is 0.348. The maximum absolute atomic E-state index is 13.0. The summed E-state index contributed by atoms with van der Waals surface area (Å²) in [6.45, 7) is 4.90. The van der Waals surface area contributed by atoms with Gasteiger partial charge in [0, 0.05) is 6.54 Å². The predicted molar refractivity (Wildman–Crippen MR) is 111 cm³/mol. The zero-order valence-electron chi connectivity index (χ0n) is 16.5. The van der Waals surface area contributed by atoms with E-state index in [1.54, 1.807) is 24.3 Å². The molecule has 0 bridgehead atoms. The number of rotatable bonds is 6. The first-order valence-corrected chi connectivity index (χ1v) is 10.1. The van der Waals surface area contributed by atoms with Crippen LogP contribution < -0.4 is 14.9 Å². The van der Waals surface area contributed by atoms with Crippen molar-refractivity contribution in [1.29, 1.82) is 0 Å². The van der Waals surface area contributed by atoms with Gasteiger partial charge in [0.15, 0.2) is 11.5 Å². The third kappa shape index (κ3) is 4.07. The molecule has 2 aromatic carbocycles. The van der Waals surface area contributed by atoms with Crippen LogP contribution in [0.15, 0.2) is 51.9 Å². The van der Waals surface area contributed by atoms with E-state index in [0.717, 1.165) is 25.9 Å². The van der Waals surface area contributed by atoms with Crippen LogP contribution in [0.4, 0.5) is 0 Å². The average Bonchev–Trinajstić information content (AvgIpc) is 2.74. The van der Waals surface area contributed by atoms with E-state index in [9.17, 15) is 9.90 Å². The van der Waals surface area contributed by atoms with Crippen LogP contribution in [-0.4, -0.2) is 29.7 Å². The van der Waals surface area contributed by atoms with E-state index < -0.39 is 0 Å². The number of likely N-dealkylation sites (tertiary alicyclic amines) is 1. The summed E-state index contributed by atoms with van der Waals surface area (Å²) >= 11 is 0. The van der Waals surface area contributed by atoms with Crippen LogP contribution in [0.2, 0.25) is 0 Å². The zero-order valence-corrected chi connectivity index (χ0v) is 16.5. The number of aromatic hydroxyl groups is 1. The first kappa shape index (κ1) is 19.3. The molecule has 1 aromatic heterocycles. The van der Waals surface area contributed by atoms with Crippen molar-refractivity contribution in [3.63, 3.8) is 0 Å². The van der Waals surface area contributed by atoms with Crippen LogP contribution in [0.3, 0.4) is 0 Å². The second kappa shape index (κ2) is 8.57. The Bertz CT molecular complexity index is 1050. The molecule has 1 fully saturated rings. The molecular formula is C23H25NO5. The smallest absolute Gasteiger partial charge is 0.235 e. The minimum absolute atomic E-state index is 0.0827. The predicted octanol–water partition coefficient (Wildman–Crippen LogP) is 4.68. The van der Waals surface area contributed by atoms with Crippen LogP contribution in [0.25, 0.3) is 11.0 Å². The lowest BCUT2D eigenvalue weighted by atomic mass is 10.1. The molecule has 0 aliphatic carbocycles. The first-order valence-electron chi connectivity index (χ1n) is 10.1. The van der Waals surface area contributed by atoms with E-state index in [4.69, 9.17) is 13.9 Å². The Balaban J connectivity index is 1.69. The number of nitrogens with zero attached hydrogens (tertiary/aromatic N) is 1. The van der Waals surface area contributed by atoms with Gasteiger partial charge in [0.05, 0.1) is 17.6 Å². The molecule has 1 aliphatic rings. The Morgan fingerprint density at radius 1 is 1.03 bits per heavy atom. The minimum atomic E-state index is -0.280. The molecule has 29 heavy (non-hydrogen) atoms. The van der Waals surface area contributed by atoms with Crippen LogP contribution in [-0.2, 0) is 6.54 Å². The van der Waals surface area contributed by atoms with Crippen LogP contribution in [0.1, 0.15) is 31.7 Å². The van der Waals surface area contributed by atoms with Crippen molar-refractivity contribution < 1.29 is 19.0 Å². The molecule has 0 spiro atoms. The van der Waals surface area contributed by atoms with Gasteiger partial charge >= 0.3 is 0 Å². The maximum Gasteiger partial charge on any atom is 0.235 e. The molecule has 0 atom stereocenters. The molecule has 1 N–H and O–H groups in total. The number of para-hydroxylation sites is 2. The highest BCUT2D eigenvalue weighted by molar-refractivity contribution is 5.83. The van der Waals surface area contributed by atoms with Gasteiger partial charge in [-0.3, -0.25) is 9.69 Å². The molecule has 3 aromatic rings. The van der Waals surface area contributed by atoms with Gasteiger partial charge in [-0.1, -0.05) is 18.6 Å². The van der Waals surface area contributed by atoms with Gasteiger partial charge in [-0.2, -0.15) is 0 Å². The number of fused-ring (bicyclic) bond motifs is 1. The highest BCUT2D eigenvalue weighted by atomic mass is 16.5. The van der Waals surface area contributed by atoms with Crippen molar-refractivity contribution in [2.45, 2.75) is 32.7 Å². The second-order valence-corrected chi connectivity index (χ2v) is 7.19. The van der Waals surface area contributed by atoms with Crippen molar-refractivity contribution in [2.75, 3.05) is 19.7 Å². The van der Waals surface area contributed by atoms with Gasteiger partial charge in [0.1, 0.15) is 17.6 Å². The number of hydrogen-bond donors (Lipinski definition) is 1. The highest BCUT2D eigenvalue weighted by Crippen LogP contribution is 2.33. The van der Waals surface area contributed by atoms with Gasteiger partial charge in [0.25, 0.3) is 0 Å². The second-order valence-electron chi connectivity index (χ2n) is 7.19. The molecule has 0 saturated carbocycles. The molecular weight excluding hydrogens is 370 g/mol. The number of ether oxygens (including phenoxy) is 2. The van der Waals surface area contributed by atoms with Gasteiger partial charge < -0.3 is 19.0 Å². The van der Waals surface area contributed by atoms with Gasteiger partial charge in [-0.15, -0.1) is 0 Å². The van der Waals surface area contributed by atoms with Crippen LogP contribution >= 0.6 is 0 Å². The molecule has 0 amide bonds. The normalized spacial score (nSPS) is 14.8. The van der Waals surface area contributed by atoms with Crippen molar-refractivity contribution >= 4 is 11.0 Å². The van der Waals surface area contributed by atoms with Crippen molar-refractivity contribution in [2.24, 2.45) is 0 Å². The lowest BCUT2D eigenvalue weighted by Gasteiger charge is -2.26. The van der Waals surface area contributed by atoms with Crippen LogP contribution in [0, 0.1) is 0 Å². The molecule has 4 rings (SSSR count). The van der Waals surface area contributed by atoms with E-state index in [1.165, 1.54) is 12.7 Å². The van der Waals surface area contributed by atoms with Crippen LogP contribution in [0.5, 0.6) is 23.0 Å². The largest absolute Gasteiger partial charge is 0.507 e. The summed E-state index contributed by atoms with van der Waals surface area (Å²) < 4.78 is 17.2. The minimum Gasteiger partial charge on any atom is -0.507 e. The summed E-state index contributed by atoms with van der Waals surface area (Å²) in [5.74, 6) is 1.24. The standard InChI is InChI=1S/C23H25NO5/c1-2-27-19-8-4-5-9-20(19)29-21-15-28-23-16(22(21)26)10-11-18(25)17(23)14-24-12-6-3-7-13-24/h4-5,8-11,15,25H,2-3,6-7,12-14H2,1H3. The maximum atomic E-state index is 13.0. The summed E-state index contributed by atoms with van der Waals surface area (Å²) in [5, 5.41) is 10.8. The zero-order chi connectivity index (χ0) is 20.2. The molecule has 0 unspecified atom stereocenters. The van der Waals surface area contributed by atoms with Crippen molar-refractivity contribution in [1.82, 2.24) is 4.90 Å². The highest BCUT2D eigenvalue weighted by Gasteiger charge is 2.19. The quantitative estimate of drug-likeness (QED) is 0.654. The first-order chi connectivity index (χ1) is 14.2. The summed E-state index contributed by atoms with van der Waals surface area (Å²) in [4.78, 5) is 15.3.